The molecule has 2 N–H and O–H groups in total. The smallest absolute Gasteiger partial charge is 0.423 e. The van der Waals surface area contributed by atoms with Gasteiger partial charge >= 0.3 is 7.12 Å². The molecule has 0 aliphatic heterocycles. The average Bonchev–Trinajstić information content (AvgIpc) is 2.77. The summed E-state index contributed by atoms with van der Waals surface area (Å²) in [6.07, 6.45) is 0. The van der Waals surface area contributed by atoms with Gasteiger partial charge in [-0.15, -0.1) is 0 Å². The predicted octanol–water partition coefficient (Wildman–Crippen LogP) is 5.62. The Bertz CT molecular complexity index is 856. The third kappa shape index (κ3) is 11.3. The van der Waals surface area contributed by atoms with Crippen molar-refractivity contribution >= 4 is 28.5 Å². The van der Waals surface area contributed by atoms with Crippen molar-refractivity contribution in [1.29, 1.82) is 0 Å². The molecule has 5 heteroatoms. The van der Waals surface area contributed by atoms with Crippen LogP contribution in [0.5, 0.6) is 0 Å². The summed E-state index contributed by atoms with van der Waals surface area (Å²) in [4.78, 5) is 0. The van der Waals surface area contributed by atoms with Gasteiger partial charge in [0.1, 0.15) is 0 Å². The van der Waals surface area contributed by atoms with E-state index in [0.29, 0.717) is 5.46 Å². The maximum absolute atomic E-state index is 8.58. The zero-order valence-electron chi connectivity index (χ0n) is 16.7. The SMILES string of the molecule is Brc1ccccc1.OB(O)c1ccccc1.[CH3-].[Pd].c1ccc(-c2ccccc2)cc1. The monoisotopic (exact) mass is 553 g/mol. The normalized spacial score (nSPS) is 8.63. The maximum atomic E-state index is 8.58. The minimum atomic E-state index is -1.34. The fraction of sp³-hybridized carbons (Fsp3) is 0. The van der Waals surface area contributed by atoms with Gasteiger partial charge in [-0.1, -0.05) is 125 Å². The molecule has 0 atom stereocenters. The molecule has 0 aliphatic carbocycles. The summed E-state index contributed by atoms with van der Waals surface area (Å²) < 4.78 is 1.13. The number of rotatable bonds is 2. The Morgan fingerprint density at radius 2 is 0.800 bits per heavy atom. The van der Waals surface area contributed by atoms with Crippen molar-refractivity contribution in [3.63, 3.8) is 0 Å². The molecule has 0 heterocycles. The van der Waals surface area contributed by atoms with Gasteiger partial charge in [0, 0.05) is 24.9 Å². The summed E-state index contributed by atoms with van der Waals surface area (Å²) in [6, 6.07) is 39.4. The molecule has 0 spiro atoms. The second-order valence-electron chi connectivity index (χ2n) is 5.81. The molecule has 4 aromatic carbocycles. The Hall–Kier alpha value is -1.99. The van der Waals surface area contributed by atoms with Crippen LogP contribution in [0.4, 0.5) is 0 Å². The first-order valence-corrected chi connectivity index (χ1v) is 9.68. The van der Waals surface area contributed by atoms with Crippen LogP contribution >= 0.6 is 15.9 Å². The van der Waals surface area contributed by atoms with Gasteiger partial charge < -0.3 is 17.5 Å². The van der Waals surface area contributed by atoms with Crippen molar-refractivity contribution < 1.29 is 30.5 Å². The summed E-state index contributed by atoms with van der Waals surface area (Å²) >= 11 is 3.31. The third-order valence-corrected chi connectivity index (χ3v) is 4.24. The Kier molecular flexibility index (Phi) is 15.7. The molecule has 0 radical (unpaired) electrons. The van der Waals surface area contributed by atoms with E-state index in [4.69, 9.17) is 10.0 Å². The largest absolute Gasteiger partial charge is 0.488 e. The molecule has 0 unspecified atom stereocenters. The fourth-order valence-corrected chi connectivity index (χ4v) is 2.61. The van der Waals surface area contributed by atoms with E-state index in [2.05, 4.69) is 64.5 Å². The fourth-order valence-electron chi connectivity index (χ4n) is 2.30. The Morgan fingerprint density at radius 3 is 1.03 bits per heavy atom. The number of hydrogen-bond acceptors (Lipinski definition) is 2. The number of benzene rings is 4. The van der Waals surface area contributed by atoms with Crippen LogP contribution in [0.25, 0.3) is 11.1 Å². The number of halogens is 1. The van der Waals surface area contributed by atoms with Crippen molar-refractivity contribution in [3.8, 4) is 11.1 Å². The predicted molar refractivity (Wildman–Crippen MR) is 129 cm³/mol. The van der Waals surface area contributed by atoms with E-state index >= 15 is 0 Å². The first-order valence-electron chi connectivity index (χ1n) is 8.89. The topological polar surface area (TPSA) is 40.5 Å². The van der Waals surface area contributed by atoms with Crippen molar-refractivity contribution in [3.05, 3.63) is 133 Å². The van der Waals surface area contributed by atoms with Gasteiger partial charge in [0.05, 0.1) is 0 Å². The minimum absolute atomic E-state index is 0. The number of hydrogen-bond donors (Lipinski definition) is 2. The van der Waals surface area contributed by atoms with Crippen molar-refractivity contribution in [1.82, 2.24) is 0 Å². The van der Waals surface area contributed by atoms with Crippen LogP contribution in [-0.2, 0) is 20.4 Å². The van der Waals surface area contributed by atoms with Crippen LogP contribution in [0.15, 0.2) is 126 Å². The summed E-state index contributed by atoms with van der Waals surface area (Å²) in [5.74, 6) is 0. The Balaban J connectivity index is 0.000000422. The molecule has 30 heavy (non-hydrogen) atoms. The quantitative estimate of drug-likeness (QED) is 0.250. The van der Waals surface area contributed by atoms with Gasteiger partial charge in [-0.3, -0.25) is 0 Å². The summed E-state index contributed by atoms with van der Waals surface area (Å²) in [7, 11) is -1.34. The first-order chi connectivity index (χ1) is 13.7. The standard InChI is InChI=1S/C12H10.C6H7BO2.C6H5Br.CH3.Pd/c1-3-7-11(8-4-1)12-9-5-2-6-10-12;8-7(9)6-4-2-1-3-5-6;7-6-4-2-1-3-5-6;;/h1-10H;1-5,8-9H;1-5H;1H3;/q;;;-1;. The van der Waals surface area contributed by atoms with Crippen LogP contribution < -0.4 is 5.46 Å². The first kappa shape index (κ1) is 28.0. The van der Waals surface area contributed by atoms with E-state index in [1.54, 1.807) is 24.3 Å². The summed E-state index contributed by atoms with van der Waals surface area (Å²) in [5, 5.41) is 17.2. The van der Waals surface area contributed by atoms with Crippen molar-refractivity contribution in [2.75, 3.05) is 0 Å². The van der Waals surface area contributed by atoms with Gasteiger partial charge in [0.25, 0.3) is 0 Å². The van der Waals surface area contributed by atoms with E-state index < -0.39 is 7.12 Å². The van der Waals surface area contributed by atoms with Gasteiger partial charge in [-0.05, 0) is 28.7 Å². The zero-order chi connectivity index (χ0) is 20.0. The Morgan fingerprint density at radius 1 is 0.500 bits per heavy atom. The Labute approximate surface area is 202 Å². The van der Waals surface area contributed by atoms with E-state index in [0.717, 1.165) is 4.47 Å². The molecular weight excluding hydrogens is 529 g/mol. The second kappa shape index (κ2) is 16.8. The molecule has 158 valence electrons. The minimum Gasteiger partial charge on any atom is -0.423 e. The third-order valence-electron chi connectivity index (χ3n) is 3.71. The van der Waals surface area contributed by atoms with Gasteiger partial charge in [-0.25, -0.2) is 0 Å². The molecule has 0 aliphatic rings. The van der Waals surface area contributed by atoms with Crippen LogP contribution in [0.1, 0.15) is 0 Å². The second-order valence-corrected chi connectivity index (χ2v) is 6.73. The molecular formula is C25H25BBrO2Pd-. The van der Waals surface area contributed by atoms with E-state index in [9.17, 15) is 0 Å². The van der Waals surface area contributed by atoms with Crippen LogP contribution in [-0.4, -0.2) is 17.2 Å². The van der Waals surface area contributed by atoms with Crippen molar-refractivity contribution in [2.24, 2.45) is 0 Å². The summed E-state index contributed by atoms with van der Waals surface area (Å²) in [6.45, 7) is 0. The maximum Gasteiger partial charge on any atom is 0.488 e. The van der Waals surface area contributed by atoms with Crippen LogP contribution in [0, 0.1) is 7.43 Å². The molecule has 0 saturated heterocycles. The van der Waals surface area contributed by atoms with Crippen molar-refractivity contribution in [2.45, 2.75) is 0 Å². The van der Waals surface area contributed by atoms with E-state index in [1.165, 1.54) is 11.1 Å². The summed E-state index contributed by atoms with van der Waals surface area (Å²) in [5.41, 5.74) is 3.08. The molecule has 0 bridgehead atoms. The molecule has 4 rings (SSSR count). The molecule has 2 nitrogen and oxygen atoms in total. The van der Waals surface area contributed by atoms with E-state index in [1.807, 2.05) is 48.5 Å². The van der Waals surface area contributed by atoms with E-state index in [-0.39, 0.29) is 27.8 Å². The zero-order valence-corrected chi connectivity index (χ0v) is 19.9. The molecule has 4 aromatic rings. The van der Waals surface area contributed by atoms with Crippen LogP contribution in [0.3, 0.4) is 0 Å². The van der Waals surface area contributed by atoms with Gasteiger partial charge in [-0.2, -0.15) is 0 Å². The molecule has 0 fully saturated rings. The molecule has 0 aromatic heterocycles. The van der Waals surface area contributed by atoms with Gasteiger partial charge in [0.2, 0.25) is 0 Å². The average molecular weight is 555 g/mol. The van der Waals surface area contributed by atoms with Gasteiger partial charge in [0.15, 0.2) is 0 Å². The van der Waals surface area contributed by atoms with Crippen LogP contribution in [0.2, 0.25) is 0 Å². The molecule has 0 amide bonds. The molecule has 0 saturated carbocycles.